The highest BCUT2D eigenvalue weighted by Crippen LogP contribution is 2.22. The van der Waals surface area contributed by atoms with Crippen molar-refractivity contribution >= 4 is 11.7 Å². The Balaban J connectivity index is 1.29. The first-order chi connectivity index (χ1) is 16.0. The van der Waals surface area contributed by atoms with Crippen molar-refractivity contribution in [2.24, 2.45) is 5.92 Å². The van der Waals surface area contributed by atoms with Crippen LogP contribution in [0.3, 0.4) is 0 Å². The van der Waals surface area contributed by atoms with Crippen LogP contribution in [0.2, 0.25) is 0 Å². The summed E-state index contributed by atoms with van der Waals surface area (Å²) >= 11 is 0. The third kappa shape index (κ3) is 5.54. The molecule has 3 heterocycles. The summed E-state index contributed by atoms with van der Waals surface area (Å²) < 4.78 is 6.57. The number of benzene rings is 1. The first kappa shape index (κ1) is 22.4. The zero-order chi connectivity index (χ0) is 23.2. The molecule has 2 aromatic heterocycles. The van der Waals surface area contributed by atoms with Crippen LogP contribution in [0, 0.1) is 12.8 Å². The molecule has 0 bridgehead atoms. The van der Waals surface area contributed by atoms with Crippen molar-refractivity contribution in [2.45, 2.75) is 26.3 Å². The summed E-state index contributed by atoms with van der Waals surface area (Å²) in [4.78, 5) is 27.0. The Bertz CT molecular complexity index is 1140. The Morgan fingerprint density at radius 2 is 1.82 bits per heavy atom. The van der Waals surface area contributed by atoms with Crippen LogP contribution < -0.4 is 20.5 Å². The van der Waals surface area contributed by atoms with Gasteiger partial charge in [-0.2, -0.15) is 10.2 Å². The smallest absolute Gasteiger partial charge is 0.266 e. The normalized spacial score (nSPS) is 14.2. The van der Waals surface area contributed by atoms with Crippen molar-refractivity contribution in [3.63, 3.8) is 0 Å². The quantitative estimate of drug-likeness (QED) is 0.590. The highest BCUT2D eigenvalue weighted by molar-refractivity contribution is 5.78. The van der Waals surface area contributed by atoms with E-state index in [0.717, 1.165) is 48.8 Å². The molecule has 9 nitrogen and oxygen atoms in total. The summed E-state index contributed by atoms with van der Waals surface area (Å²) in [5.41, 5.74) is 2.26. The van der Waals surface area contributed by atoms with Gasteiger partial charge in [-0.3, -0.25) is 9.59 Å². The van der Waals surface area contributed by atoms with Gasteiger partial charge in [-0.1, -0.05) is 0 Å². The Morgan fingerprint density at radius 3 is 2.48 bits per heavy atom. The van der Waals surface area contributed by atoms with E-state index in [2.05, 4.69) is 25.5 Å². The summed E-state index contributed by atoms with van der Waals surface area (Å²) in [7, 11) is 1.61. The average Bonchev–Trinajstić information content (AvgIpc) is 2.86. The number of carbonyl (C=O) groups excluding carboxylic acids is 1. The van der Waals surface area contributed by atoms with Crippen molar-refractivity contribution in [1.82, 2.24) is 25.3 Å². The minimum Gasteiger partial charge on any atom is -0.497 e. The molecule has 0 radical (unpaired) electrons. The fourth-order valence-electron chi connectivity index (χ4n) is 3.89. The van der Waals surface area contributed by atoms with E-state index in [1.54, 1.807) is 13.2 Å². The van der Waals surface area contributed by atoms with Crippen molar-refractivity contribution in [3.8, 4) is 17.0 Å². The van der Waals surface area contributed by atoms with E-state index in [0.29, 0.717) is 18.8 Å². The number of hydrogen-bond donors (Lipinski definition) is 1. The fourth-order valence-corrected chi connectivity index (χ4v) is 3.89. The lowest BCUT2D eigenvalue weighted by molar-refractivity contribution is -0.125. The number of methoxy groups -OCH3 is 1. The van der Waals surface area contributed by atoms with Gasteiger partial charge in [0.15, 0.2) is 5.82 Å². The zero-order valence-electron chi connectivity index (χ0n) is 18.9. The molecule has 0 spiro atoms. The maximum atomic E-state index is 12.6. The van der Waals surface area contributed by atoms with Crippen LogP contribution in [0.25, 0.3) is 11.3 Å². The number of aromatic nitrogens is 4. The number of carbonyl (C=O) groups is 1. The fraction of sp³-hybridized carbons (Fsp3) is 0.375. The largest absolute Gasteiger partial charge is 0.497 e. The molecule has 1 aliphatic rings. The molecular weight excluding hydrogens is 420 g/mol. The topological polar surface area (TPSA) is 102 Å². The van der Waals surface area contributed by atoms with Gasteiger partial charge in [-0.05, 0) is 62.2 Å². The zero-order valence-corrected chi connectivity index (χ0v) is 18.9. The van der Waals surface area contributed by atoms with E-state index in [1.807, 2.05) is 43.3 Å². The highest BCUT2D eigenvalue weighted by Gasteiger charge is 2.25. The van der Waals surface area contributed by atoms with E-state index in [1.165, 1.54) is 10.7 Å². The molecule has 1 N–H and O–H groups in total. The highest BCUT2D eigenvalue weighted by atomic mass is 16.5. The molecule has 0 saturated carbocycles. The van der Waals surface area contributed by atoms with Crippen LogP contribution in [-0.2, 0) is 11.3 Å². The molecule has 4 rings (SSSR count). The average molecular weight is 449 g/mol. The summed E-state index contributed by atoms with van der Waals surface area (Å²) in [5, 5.41) is 15.8. The second-order valence-corrected chi connectivity index (χ2v) is 8.09. The number of hydrogen-bond acceptors (Lipinski definition) is 7. The number of anilines is 1. The number of nitrogens with zero attached hydrogens (tertiary/aromatic N) is 5. The van der Waals surface area contributed by atoms with E-state index < -0.39 is 0 Å². The van der Waals surface area contributed by atoms with Crippen LogP contribution in [0.1, 0.15) is 18.5 Å². The third-order valence-corrected chi connectivity index (χ3v) is 5.85. The Morgan fingerprint density at radius 1 is 1.06 bits per heavy atom. The summed E-state index contributed by atoms with van der Waals surface area (Å²) in [6.07, 6.45) is 1.51. The number of amides is 1. The SMILES string of the molecule is COc1ccc(-c2ccc(=O)n(CCNC(=O)C3CCN(c4ccc(C)nn4)CC3)n2)cc1. The molecule has 1 amide bonds. The number of nitrogens with one attached hydrogen (secondary N) is 1. The molecule has 172 valence electrons. The predicted molar refractivity (Wildman–Crippen MR) is 125 cm³/mol. The van der Waals surface area contributed by atoms with E-state index in [-0.39, 0.29) is 17.4 Å². The van der Waals surface area contributed by atoms with Crippen LogP contribution in [-0.4, -0.2) is 52.6 Å². The van der Waals surface area contributed by atoms with Crippen LogP contribution in [0.15, 0.2) is 53.3 Å². The lowest BCUT2D eigenvalue weighted by Gasteiger charge is -2.31. The Labute approximate surface area is 192 Å². The maximum Gasteiger partial charge on any atom is 0.266 e. The standard InChI is InChI=1S/C24H28N6O3/c1-17-3-9-22(27-26-17)29-14-11-19(12-15-29)24(32)25-13-16-30-23(31)10-8-21(28-30)18-4-6-20(33-2)7-5-18/h3-10,19H,11-16H2,1-2H3,(H,25,32). The van der Waals surface area contributed by atoms with Gasteiger partial charge in [0.25, 0.3) is 5.56 Å². The van der Waals surface area contributed by atoms with Crippen LogP contribution in [0.4, 0.5) is 5.82 Å². The Kier molecular flexibility index (Phi) is 6.97. The molecule has 0 aliphatic carbocycles. The lowest BCUT2D eigenvalue weighted by Crippen LogP contribution is -2.42. The van der Waals surface area contributed by atoms with E-state index >= 15 is 0 Å². The summed E-state index contributed by atoms with van der Waals surface area (Å²) in [6, 6.07) is 14.6. The number of aryl methyl sites for hydroxylation is 1. The summed E-state index contributed by atoms with van der Waals surface area (Å²) in [6.45, 7) is 4.10. The molecule has 3 aromatic rings. The van der Waals surface area contributed by atoms with Gasteiger partial charge in [0.05, 0.1) is 25.0 Å². The second-order valence-electron chi connectivity index (χ2n) is 8.09. The molecule has 9 heteroatoms. The van der Waals surface area contributed by atoms with Crippen molar-refractivity contribution in [2.75, 3.05) is 31.6 Å². The number of rotatable bonds is 7. The monoisotopic (exact) mass is 448 g/mol. The van der Waals surface area contributed by atoms with Gasteiger partial charge in [0.1, 0.15) is 5.75 Å². The number of piperidine rings is 1. The van der Waals surface area contributed by atoms with Gasteiger partial charge >= 0.3 is 0 Å². The predicted octanol–water partition coefficient (Wildman–Crippen LogP) is 2.05. The Hall–Kier alpha value is -3.75. The molecule has 1 saturated heterocycles. The first-order valence-electron chi connectivity index (χ1n) is 11.1. The van der Waals surface area contributed by atoms with Crippen molar-refractivity contribution in [1.29, 1.82) is 0 Å². The van der Waals surface area contributed by atoms with Gasteiger partial charge in [-0.25, -0.2) is 4.68 Å². The van der Waals surface area contributed by atoms with E-state index in [4.69, 9.17) is 4.74 Å². The minimum absolute atomic E-state index is 0.0176. The molecule has 1 fully saturated rings. The van der Waals surface area contributed by atoms with Gasteiger partial charge in [0.2, 0.25) is 5.91 Å². The van der Waals surface area contributed by atoms with Crippen LogP contribution in [0.5, 0.6) is 5.75 Å². The molecule has 33 heavy (non-hydrogen) atoms. The molecule has 0 unspecified atom stereocenters. The van der Waals surface area contributed by atoms with Crippen molar-refractivity contribution < 1.29 is 9.53 Å². The van der Waals surface area contributed by atoms with Crippen molar-refractivity contribution in [3.05, 3.63) is 64.6 Å². The van der Waals surface area contributed by atoms with Gasteiger partial charge < -0.3 is 15.0 Å². The summed E-state index contributed by atoms with van der Waals surface area (Å²) in [5.74, 6) is 1.58. The lowest BCUT2D eigenvalue weighted by atomic mass is 9.96. The second kappa shape index (κ2) is 10.2. The third-order valence-electron chi connectivity index (χ3n) is 5.85. The van der Waals surface area contributed by atoms with Gasteiger partial charge in [0, 0.05) is 37.2 Å². The molecule has 1 aliphatic heterocycles. The molecular formula is C24H28N6O3. The molecule has 0 atom stereocenters. The maximum absolute atomic E-state index is 12.6. The first-order valence-corrected chi connectivity index (χ1v) is 11.1. The van der Waals surface area contributed by atoms with Crippen LogP contribution >= 0.6 is 0 Å². The number of ether oxygens (including phenoxy) is 1. The van der Waals surface area contributed by atoms with Gasteiger partial charge in [-0.15, -0.1) is 5.10 Å². The molecule has 1 aromatic carbocycles. The van der Waals surface area contributed by atoms with E-state index in [9.17, 15) is 9.59 Å². The minimum atomic E-state index is -0.200.